The maximum atomic E-state index is 4.88. The zero-order valence-corrected chi connectivity index (χ0v) is 14.7. The van der Waals surface area contributed by atoms with Crippen LogP contribution in [-0.2, 0) is 6.54 Å². The Labute approximate surface area is 152 Å². The lowest BCUT2D eigenvalue weighted by Crippen LogP contribution is -2.30. The molecule has 0 aliphatic heterocycles. The SMILES string of the molecule is C1=CCCC([n+]2sc(NCc3ccccc3)nc2-c2ccccc2)=C1. The second-order valence-electron chi connectivity index (χ2n) is 5.96. The van der Waals surface area contributed by atoms with E-state index in [1.807, 2.05) is 12.1 Å². The number of rotatable bonds is 5. The molecule has 1 aliphatic carbocycles. The van der Waals surface area contributed by atoms with Gasteiger partial charge < -0.3 is 5.32 Å². The molecular weight excluding hydrogens is 326 g/mol. The Balaban J connectivity index is 1.66. The van der Waals surface area contributed by atoms with E-state index in [0.29, 0.717) is 0 Å². The molecule has 0 saturated carbocycles. The fourth-order valence-corrected chi connectivity index (χ4v) is 3.80. The summed E-state index contributed by atoms with van der Waals surface area (Å²) in [5.41, 5.74) is 3.69. The molecule has 0 bridgehead atoms. The molecule has 4 heteroatoms. The van der Waals surface area contributed by atoms with Gasteiger partial charge in [0.2, 0.25) is 0 Å². The van der Waals surface area contributed by atoms with E-state index in [9.17, 15) is 0 Å². The van der Waals surface area contributed by atoms with Gasteiger partial charge in [-0.2, -0.15) is 0 Å². The molecule has 25 heavy (non-hydrogen) atoms. The van der Waals surface area contributed by atoms with Crippen LogP contribution in [0, 0.1) is 0 Å². The van der Waals surface area contributed by atoms with Crippen molar-refractivity contribution in [3.63, 3.8) is 0 Å². The minimum absolute atomic E-state index is 0.779. The van der Waals surface area contributed by atoms with E-state index < -0.39 is 0 Å². The number of nitrogens with one attached hydrogen (secondary N) is 1. The highest BCUT2D eigenvalue weighted by atomic mass is 32.1. The van der Waals surface area contributed by atoms with Crippen LogP contribution in [0.3, 0.4) is 0 Å². The first kappa shape index (κ1) is 15.8. The quantitative estimate of drug-likeness (QED) is 0.666. The summed E-state index contributed by atoms with van der Waals surface area (Å²) in [6, 6.07) is 20.8. The molecule has 0 amide bonds. The van der Waals surface area contributed by atoms with E-state index in [-0.39, 0.29) is 0 Å². The lowest BCUT2D eigenvalue weighted by atomic mass is 10.1. The first-order valence-corrected chi connectivity index (χ1v) is 9.30. The van der Waals surface area contributed by atoms with Crippen molar-refractivity contribution in [2.24, 2.45) is 0 Å². The predicted molar refractivity (Wildman–Crippen MR) is 104 cm³/mol. The summed E-state index contributed by atoms with van der Waals surface area (Å²) in [7, 11) is 0. The molecule has 0 unspecified atom stereocenters. The van der Waals surface area contributed by atoms with Crippen molar-refractivity contribution >= 4 is 22.4 Å². The van der Waals surface area contributed by atoms with Crippen molar-refractivity contribution in [1.82, 2.24) is 4.98 Å². The van der Waals surface area contributed by atoms with E-state index in [0.717, 1.165) is 35.9 Å². The van der Waals surface area contributed by atoms with Crippen molar-refractivity contribution in [3.8, 4) is 11.4 Å². The fraction of sp³-hybridized carbons (Fsp3) is 0.143. The van der Waals surface area contributed by atoms with Gasteiger partial charge in [0.1, 0.15) is 17.2 Å². The maximum absolute atomic E-state index is 4.88. The Morgan fingerprint density at radius 1 is 1.00 bits per heavy atom. The molecule has 1 N–H and O–H groups in total. The third-order valence-corrected chi connectivity index (χ3v) is 5.15. The van der Waals surface area contributed by atoms with E-state index >= 15 is 0 Å². The average molecular weight is 346 g/mol. The first-order chi connectivity index (χ1) is 12.4. The van der Waals surface area contributed by atoms with Crippen LogP contribution in [0.25, 0.3) is 17.1 Å². The van der Waals surface area contributed by atoms with Crippen LogP contribution in [-0.4, -0.2) is 4.98 Å². The molecule has 0 atom stereocenters. The maximum Gasteiger partial charge on any atom is 0.350 e. The van der Waals surface area contributed by atoms with Gasteiger partial charge in [-0.25, -0.2) is 0 Å². The number of aromatic nitrogens is 2. The van der Waals surface area contributed by atoms with Gasteiger partial charge in [-0.05, 0) is 35.2 Å². The molecule has 1 heterocycles. The van der Waals surface area contributed by atoms with Crippen LogP contribution in [0.1, 0.15) is 18.4 Å². The summed E-state index contributed by atoms with van der Waals surface area (Å²) in [4.78, 5) is 4.88. The Morgan fingerprint density at radius 2 is 1.76 bits per heavy atom. The Kier molecular flexibility index (Phi) is 4.70. The predicted octanol–water partition coefficient (Wildman–Crippen LogP) is 4.90. The van der Waals surface area contributed by atoms with Gasteiger partial charge >= 0.3 is 11.0 Å². The third kappa shape index (κ3) is 3.69. The number of nitrogens with zero attached hydrogens (tertiary/aromatic N) is 2. The zero-order valence-electron chi connectivity index (χ0n) is 13.9. The zero-order chi connectivity index (χ0) is 16.9. The van der Waals surface area contributed by atoms with Crippen LogP contribution >= 0.6 is 11.5 Å². The molecule has 0 radical (unpaired) electrons. The highest BCUT2D eigenvalue weighted by Crippen LogP contribution is 2.24. The lowest BCUT2D eigenvalue weighted by Gasteiger charge is -2.04. The van der Waals surface area contributed by atoms with E-state index in [1.165, 1.54) is 11.3 Å². The van der Waals surface area contributed by atoms with Crippen LogP contribution in [0.5, 0.6) is 0 Å². The van der Waals surface area contributed by atoms with Crippen molar-refractivity contribution in [2.45, 2.75) is 19.4 Å². The largest absolute Gasteiger partial charge is 0.350 e. The second kappa shape index (κ2) is 7.45. The normalized spacial score (nSPS) is 13.5. The highest BCUT2D eigenvalue weighted by molar-refractivity contribution is 7.06. The number of hydrogen-bond acceptors (Lipinski definition) is 3. The third-order valence-electron chi connectivity index (χ3n) is 4.15. The minimum Gasteiger partial charge on any atom is -0.334 e. The number of allylic oxidation sites excluding steroid dienone is 4. The Morgan fingerprint density at radius 3 is 2.48 bits per heavy atom. The van der Waals surface area contributed by atoms with Gasteiger partial charge in [-0.1, -0.05) is 60.7 Å². The summed E-state index contributed by atoms with van der Waals surface area (Å²) in [5.74, 6) is 1.00. The second-order valence-corrected chi connectivity index (χ2v) is 6.89. The van der Waals surface area contributed by atoms with Crippen LogP contribution in [0.15, 0.2) is 78.9 Å². The summed E-state index contributed by atoms with van der Waals surface area (Å²) < 4.78 is 2.26. The summed E-state index contributed by atoms with van der Waals surface area (Å²) in [6.45, 7) is 0.779. The monoisotopic (exact) mass is 346 g/mol. The number of benzene rings is 2. The number of hydrogen-bond donors (Lipinski definition) is 1. The van der Waals surface area contributed by atoms with Crippen LogP contribution < -0.4 is 9.27 Å². The van der Waals surface area contributed by atoms with Crippen LogP contribution in [0.4, 0.5) is 5.13 Å². The van der Waals surface area contributed by atoms with Gasteiger partial charge in [0.25, 0.3) is 0 Å². The molecule has 1 aromatic heterocycles. The molecule has 124 valence electrons. The van der Waals surface area contributed by atoms with Gasteiger partial charge in [-0.3, -0.25) is 0 Å². The average Bonchev–Trinajstić information content (AvgIpc) is 3.13. The van der Waals surface area contributed by atoms with Crippen molar-refractivity contribution in [1.29, 1.82) is 0 Å². The summed E-state index contributed by atoms with van der Waals surface area (Å²) in [6.07, 6.45) is 8.66. The minimum atomic E-state index is 0.779. The molecule has 0 fully saturated rings. The topological polar surface area (TPSA) is 28.8 Å². The standard InChI is InChI=1S/C21H19N3S/c1-4-10-17(11-5-1)16-22-21-23-20(18-12-6-2-7-13-18)24(25-21)19-14-8-3-9-15-19/h1-8,10-14H,9,15-16H2/p+1. The van der Waals surface area contributed by atoms with Gasteiger partial charge in [0.05, 0.1) is 5.56 Å². The van der Waals surface area contributed by atoms with Crippen molar-refractivity contribution < 1.29 is 3.96 Å². The summed E-state index contributed by atoms with van der Waals surface area (Å²) in [5, 5.41) is 4.41. The smallest absolute Gasteiger partial charge is 0.334 e. The van der Waals surface area contributed by atoms with Gasteiger partial charge in [-0.15, -0.1) is 3.96 Å². The first-order valence-electron chi connectivity index (χ1n) is 8.53. The summed E-state index contributed by atoms with van der Waals surface area (Å²) >= 11 is 1.67. The molecule has 1 aliphatic rings. The lowest BCUT2D eigenvalue weighted by molar-refractivity contribution is -0.497. The number of anilines is 1. The fourth-order valence-electron chi connectivity index (χ4n) is 2.86. The molecule has 3 aromatic rings. The Bertz CT molecular complexity index is 895. The molecular formula is C21H20N3S+. The molecule has 2 aromatic carbocycles. The van der Waals surface area contributed by atoms with Crippen molar-refractivity contribution in [2.75, 3.05) is 5.32 Å². The molecule has 0 saturated heterocycles. The Hall–Kier alpha value is -2.72. The molecule has 0 spiro atoms. The van der Waals surface area contributed by atoms with E-state index in [1.54, 1.807) is 11.5 Å². The van der Waals surface area contributed by atoms with Crippen LogP contribution in [0.2, 0.25) is 0 Å². The molecule has 3 nitrogen and oxygen atoms in total. The van der Waals surface area contributed by atoms with Gasteiger partial charge in [0, 0.05) is 13.0 Å². The van der Waals surface area contributed by atoms with Crippen molar-refractivity contribution in [3.05, 3.63) is 84.5 Å². The van der Waals surface area contributed by atoms with E-state index in [2.05, 4.69) is 76.0 Å². The molecule has 4 rings (SSSR count). The van der Waals surface area contributed by atoms with E-state index in [4.69, 9.17) is 4.98 Å². The highest BCUT2D eigenvalue weighted by Gasteiger charge is 2.25. The van der Waals surface area contributed by atoms with Gasteiger partial charge in [0.15, 0.2) is 0 Å².